The summed E-state index contributed by atoms with van der Waals surface area (Å²) in [5.74, 6) is 0.412. The van der Waals surface area contributed by atoms with Crippen LogP contribution in [0, 0.1) is 6.57 Å². The lowest BCUT2D eigenvalue weighted by atomic mass is 10.3. The van der Waals surface area contributed by atoms with Crippen LogP contribution in [0.2, 0.25) is 0 Å². The number of hydrogen-bond donors (Lipinski definition) is 0. The van der Waals surface area contributed by atoms with Crippen molar-refractivity contribution in [2.45, 2.75) is 18.9 Å². The van der Waals surface area contributed by atoms with Gasteiger partial charge in [-0.2, -0.15) is 0 Å². The molecule has 0 amide bonds. The lowest BCUT2D eigenvalue weighted by Crippen LogP contribution is -2.00. The van der Waals surface area contributed by atoms with Crippen LogP contribution >= 0.6 is 15.9 Å². The maximum absolute atomic E-state index is 7.15. The van der Waals surface area contributed by atoms with Gasteiger partial charge in [0.2, 0.25) is 5.65 Å². The molecule has 0 radical (unpaired) electrons. The minimum atomic E-state index is 0.412. The number of aromatic nitrogens is 5. The molecule has 0 aromatic carbocycles. The smallest absolute Gasteiger partial charge is 0.275 e. The van der Waals surface area contributed by atoms with Crippen molar-refractivity contribution in [3.8, 4) is 11.4 Å². The fourth-order valence-electron chi connectivity index (χ4n) is 2.27. The van der Waals surface area contributed by atoms with Crippen LogP contribution in [0.5, 0.6) is 0 Å². The zero-order valence-corrected chi connectivity index (χ0v) is 11.9. The van der Waals surface area contributed by atoms with Gasteiger partial charge in [-0.15, -0.1) is 4.52 Å². The summed E-state index contributed by atoms with van der Waals surface area (Å²) in [5.41, 5.74) is 2.42. The average Bonchev–Trinajstić information content (AvgIpc) is 3.11. The van der Waals surface area contributed by atoms with Crippen molar-refractivity contribution in [2.24, 2.45) is 0 Å². The first-order valence-electron chi connectivity index (χ1n) is 6.23. The van der Waals surface area contributed by atoms with E-state index in [2.05, 4.69) is 40.4 Å². The summed E-state index contributed by atoms with van der Waals surface area (Å²) >= 11 is 3.48. The summed E-state index contributed by atoms with van der Waals surface area (Å²) in [6, 6.07) is 4.30. The van der Waals surface area contributed by atoms with Crippen molar-refractivity contribution >= 4 is 27.4 Å². The highest BCUT2D eigenvalue weighted by atomic mass is 79.9. The van der Waals surface area contributed by atoms with Gasteiger partial charge in [0.1, 0.15) is 16.0 Å². The molecular formula is C13H9BrN6. The highest BCUT2D eigenvalue weighted by molar-refractivity contribution is 9.10. The molecule has 4 rings (SSSR count). The maximum Gasteiger partial charge on any atom is 0.275 e. The fourth-order valence-corrected chi connectivity index (χ4v) is 2.77. The summed E-state index contributed by atoms with van der Waals surface area (Å²) < 4.78 is 4.49. The highest BCUT2D eigenvalue weighted by Gasteiger charge is 2.28. The first-order valence-corrected chi connectivity index (χ1v) is 7.02. The summed E-state index contributed by atoms with van der Waals surface area (Å²) in [6.07, 6.45) is 5.73. The quantitative estimate of drug-likeness (QED) is 0.678. The molecule has 1 fully saturated rings. The van der Waals surface area contributed by atoms with Crippen LogP contribution in [-0.4, -0.2) is 24.1 Å². The number of nitrogens with zero attached hydrogens (tertiary/aromatic N) is 6. The van der Waals surface area contributed by atoms with Gasteiger partial charge in [-0.3, -0.25) is 0 Å². The topological polar surface area (TPSA) is 52.4 Å². The van der Waals surface area contributed by atoms with Crippen LogP contribution < -0.4 is 0 Å². The molecular weight excluding hydrogens is 320 g/mol. The molecule has 0 aliphatic heterocycles. The molecule has 20 heavy (non-hydrogen) atoms. The van der Waals surface area contributed by atoms with E-state index in [1.54, 1.807) is 4.52 Å². The summed E-state index contributed by atoms with van der Waals surface area (Å²) in [4.78, 5) is 11.9. The van der Waals surface area contributed by atoms with E-state index in [1.165, 1.54) is 19.0 Å². The van der Waals surface area contributed by atoms with Crippen LogP contribution in [0.15, 0.2) is 29.3 Å². The van der Waals surface area contributed by atoms with Crippen LogP contribution in [0.1, 0.15) is 18.9 Å². The van der Waals surface area contributed by atoms with E-state index in [4.69, 9.17) is 6.57 Å². The van der Waals surface area contributed by atoms with Gasteiger partial charge >= 0.3 is 0 Å². The molecule has 3 aromatic rings. The SMILES string of the molecule is [C-]#[N+]c1cnc2ccc(-c3c(Br)ncn3C3CC3)nn12. The molecule has 1 aliphatic carbocycles. The Labute approximate surface area is 123 Å². The molecule has 0 unspecified atom stereocenters. The number of fused-ring (bicyclic) bond motifs is 1. The number of imidazole rings is 2. The molecule has 6 nitrogen and oxygen atoms in total. The van der Waals surface area contributed by atoms with Gasteiger partial charge in [0.05, 0.1) is 12.5 Å². The Kier molecular flexibility index (Phi) is 2.41. The van der Waals surface area contributed by atoms with Crippen molar-refractivity contribution < 1.29 is 0 Å². The van der Waals surface area contributed by atoms with Crippen LogP contribution in [0.25, 0.3) is 21.9 Å². The van der Waals surface area contributed by atoms with Crippen molar-refractivity contribution in [2.75, 3.05) is 0 Å². The van der Waals surface area contributed by atoms with E-state index in [9.17, 15) is 0 Å². The molecule has 3 aromatic heterocycles. The van der Waals surface area contributed by atoms with E-state index in [-0.39, 0.29) is 0 Å². The maximum atomic E-state index is 7.15. The highest BCUT2D eigenvalue weighted by Crippen LogP contribution is 2.40. The first kappa shape index (κ1) is 11.6. The van der Waals surface area contributed by atoms with Gasteiger partial charge in [-0.05, 0) is 34.8 Å². The second-order valence-corrected chi connectivity index (χ2v) is 5.49. The Morgan fingerprint density at radius 2 is 2.15 bits per heavy atom. The second-order valence-electron chi connectivity index (χ2n) is 4.74. The minimum Gasteiger partial charge on any atom is -0.360 e. The fraction of sp³-hybridized carbons (Fsp3) is 0.231. The zero-order valence-electron chi connectivity index (χ0n) is 10.4. The van der Waals surface area contributed by atoms with Crippen LogP contribution in [0.3, 0.4) is 0 Å². The number of hydrogen-bond acceptors (Lipinski definition) is 3. The van der Waals surface area contributed by atoms with Gasteiger partial charge in [0.15, 0.2) is 0 Å². The molecule has 0 atom stereocenters. The predicted octanol–water partition coefficient (Wildman–Crippen LogP) is 3.24. The van der Waals surface area contributed by atoms with E-state index < -0.39 is 0 Å². The molecule has 1 aliphatic rings. The van der Waals surface area contributed by atoms with E-state index in [1.807, 2.05) is 18.5 Å². The molecule has 7 heteroatoms. The molecule has 0 spiro atoms. The van der Waals surface area contributed by atoms with Gasteiger partial charge in [-0.1, -0.05) is 11.7 Å². The number of rotatable bonds is 2. The second kappa shape index (κ2) is 4.15. The molecule has 1 saturated carbocycles. The minimum absolute atomic E-state index is 0.412. The molecule has 3 heterocycles. The Morgan fingerprint density at radius 1 is 1.30 bits per heavy atom. The summed E-state index contributed by atoms with van der Waals surface area (Å²) in [5, 5.41) is 4.53. The van der Waals surface area contributed by atoms with Crippen LogP contribution in [0.4, 0.5) is 5.82 Å². The third-order valence-electron chi connectivity index (χ3n) is 3.39. The summed E-state index contributed by atoms with van der Waals surface area (Å²) in [7, 11) is 0. The monoisotopic (exact) mass is 328 g/mol. The predicted molar refractivity (Wildman–Crippen MR) is 76.4 cm³/mol. The third kappa shape index (κ3) is 1.65. The lowest BCUT2D eigenvalue weighted by Gasteiger charge is -2.05. The normalized spacial score (nSPS) is 14.6. The standard InChI is InChI=1S/C13H9BrN6/c1-15-11-6-16-10-5-4-9(18-20(10)11)12-13(14)17-7-19(12)8-2-3-8/h4-8H,2-3H2. The van der Waals surface area contributed by atoms with E-state index in [0.29, 0.717) is 17.5 Å². The third-order valence-corrected chi connectivity index (χ3v) is 3.97. The zero-order chi connectivity index (χ0) is 13.7. The first-order chi connectivity index (χ1) is 9.78. The Morgan fingerprint density at radius 3 is 2.90 bits per heavy atom. The summed E-state index contributed by atoms with van der Waals surface area (Å²) in [6.45, 7) is 7.15. The van der Waals surface area contributed by atoms with Crippen molar-refractivity contribution in [3.05, 3.63) is 40.7 Å². The van der Waals surface area contributed by atoms with Gasteiger partial charge in [0, 0.05) is 12.1 Å². The lowest BCUT2D eigenvalue weighted by molar-refractivity contribution is 0.743. The molecule has 98 valence electrons. The van der Waals surface area contributed by atoms with Gasteiger partial charge in [-0.25, -0.2) is 9.97 Å². The van der Waals surface area contributed by atoms with E-state index >= 15 is 0 Å². The molecule has 0 saturated heterocycles. The molecule has 0 N–H and O–H groups in total. The van der Waals surface area contributed by atoms with E-state index in [0.717, 1.165) is 16.0 Å². The van der Waals surface area contributed by atoms with Crippen molar-refractivity contribution in [1.82, 2.24) is 24.1 Å². The van der Waals surface area contributed by atoms with Crippen LogP contribution in [-0.2, 0) is 0 Å². The van der Waals surface area contributed by atoms with Gasteiger partial charge < -0.3 is 9.41 Å². The molecule has 0 bridgehead atoms. The Hall–Kier alpha value is -2.20. The number of halogens is 1. The Bertz CT molecular complexity index is 851. The van der Waals surface area contributed by atoms with Crippen molar-refractivity contribution in [1.29, 1.82) is 0 Å². The van der Waals surface area contributed by atoms with Crippen molar-refractivity contribution in [3.63, 3.8) is 0 Å². The Balaban J connectivity index is 1.94. The van der Waals surface area contributed by atoms with Gasteiger partial charge in [0.25, 0.3) is 5.82 Å². The average molecular weight is 329 g/mol. The largest absolute Gasteiger partial charge is 0.360 e.